The van der Waals surface area contributed by atoms with Crippen molar-refractivity contribution in [1.29, 1.82) is 0 Å². The van der Waals surface area contributed by atoms with Gasteiger partial charge in [-0.1, -0.05) is 54.1 Å². The van der Waals surface area contributed by atoms with Gasteiger partial charge in [-0.25, -0.2) is 9.78 Å². The van der Waals surface area contributed by atoms with Crippen molar-refractivity contribution in [2.45, 2.75) is 6.54 Å². The van der Waals surface area contributed by atoms with Crippen molar-refractivity contribution >= 4 is 28.6 Å². The minimum Gasteiger partial charge on any atom is -0.423 e. The SMILES string of the molecule is O=C(Oc1ccc(-c2nc3ccccc3n2Cc2ccccc2)cc1)c1ccc(Cl)cc1. The summed E-state index contributed by atoms with van der Waals surface area (Å²) in [6.07, 6.45) is 0. The van der Waals surface area contributed by atoms with Crippen molar-refractivity contribution < 1.29 is 9.53 Å². The highest BCUT2D eigenvalue weighted by molar-refractivity contribution is 6.30. The number of ether oxygens (including phenoxy) is 1. The largest absolute Gasteiger partial charge is 0.423 e. The minimum absolute atomic E-state index is 0.425. The van der Waals surface area contributed by atoms with Crippen LogP contribution in [0.2, 0.25) is 5.02 Å². The highest BCUT2D eigenvalue weighted by atomic mass is 35.5. The number of hydrogen-bond donors (Lipinski definition) is 0. The molecule has 0 aliphatic rings. The third-order valence-corrected chi connectivity index (χ3v) is 5.49. The van der Waals surface area contributed by atoms with E-state index >= 15 is 0 Å². The molecule has 0 aliphatic heterocycles. The number of carbonyl (C=O) groups excluding carboxylic acids is 1. The molecule has 0 aliphatic carbocycles. The quantitative estimate of drug-likeness (QED) is 0.228. The van der Waals surface area contributed by atoms with Crippen molar-refractivity contribution in [3.8, 4) is 17.1 Å². The van der Waals surface area contributed by atoms with E-state index in [1.54, 1.807) is 36.4 Å². The maximum Gasteiger partial charge on any atom is 0.343 e. The molecule has 1 aromatic heterocycles. The standard InChI is InChI=1S/C27H19ClN2O2/c28-22-14-10-21(11-15-22)27(31)32-23-16-12-20(13-17-23)26-29-24-8-4-5-9-25(24)30(26)18-19-6-2-1-3-7-19/h1-17H,18H2. The van der Waals surface area contributed by atoms with Crippen LogP contribution in [-0.4, -0.2) is 15.5 Å². The van der Waals surface area contributed by atoms with Crippen LogP contribution in [0.15, 0.2) is 103 Å². The fraction of sp³-hybridized carbons (Fsp3) is 0.0370. The van der Waals surface area contributed by atoms with E-state index in [1.165, 1.54) is 5.56 Å². The Kier molecular flexibility index (Phi) is 5.44. The number of fused-ring (bicyclic) bond motifs is 1. The van der Waals surface area contributed by atoms with Crippen LogP contribution in [0.25, 0.3) is 22.4 Å². The van der Waals surface area contributed by atoms with Gasteiger partial charge < -0.3 is 9.30 Å². The van der Waals surface area contributed by atoms with Crippen LogP contribution in [0, 0.1) is 0 Å². The van der Waals surface area contributed by atoms with Gasteiger partial charge in [-0.2, -0.15) is 0 Å². The van der Waals surface area contributed by atoms with Gasteiger partial charge in [0.25, 0.3) is 0 Å². The smallest absolute Gasteiger partial charge is 0.343 e. The summed E-state index contributed by atoms with van der Waals surface area (Å²) in [7, 11) is 0. The third kappa shape index (κ3) is 4.13. The Hall–Kier alpha value is -3.89. The number of para-hydroxylation sites is 2. The molecule has 0 saturated heterocycles. The summed E-state index contributed by atoms with van der Waals surface area (Å²) >= 11 is 5.89. The molecule has 32 heavy (non-hydrogen) atoms. The number of nitrogens with zero attached hydrogens (tertiary/aromatic N) is 2. The first-order chi connectivity index (χ1) is 15.7. The van der Waals surface area contributed by atoms with Crippen LogP contribution < -0.4 is 4.74 Å². The number of rotatable bonds is 5. The topological polar surface area (TPSA) is 44.1 Å². The Morgan fingerprint density at radius 3 is 2.25 bits per heavy atom. The van der Waals surface area contributed by atoms with Crippen LogP contribution in [-0.2, 0) is 6.54 Å². The molecule has 0 unspecified atom stereocenters. The summed E-state index contributed by atoms with van der Waals surface area (Å²) < 4.78 is 7.71. The molecular weight excluding hydrogens is 420 g/mol. The van der Waals surface area contributed by atoms with Gasteiger partial charge in [-0.15, -0.1) is 0 Å². The molecule has 156 valence electrons. The molecule has 0 amide bonds. The van der Waals surface area contributed by atoms with Gasteiger partial charge in [0, 0.05) is 17.1 Å². The molecule has 5 aromatic rings. The van der Waals surface area contributed by atoms with E-state index < -0.39 is 5.97 Å². The van der Waals surface area contributed by atoms with E-state index in [0.29, 0.717) is 22.9 Å². The third-order valence-electron chi connectivity index (χ3n) is 5.24. The van der Waals surface area contributed by atoms with Crippen molar-refractivity contribution in [3.05, 3.63) is 119 Å². The van der Waals surface area contributed by atoms with Gasteiger partial charge in [-0.3, -0.25) is 0 Å². The van der Waals surface area contributed by atoms with E-state index in [4.69, 9.17) is 21.3 Å². The predicted octanol–water partition coefficient (Wildman–Crippen LogP) is 6.62. The molecule has 5 rings (SSSR count). The first-order valence-corrected chi connectivity index (χ1v) is 10.6. The van der Waals surface area contributed by atoms with Gasteiger partial charge >= 0.3 is 5.97 Å². The number of imidazole rings is 1. The van der Waals surface area contributed by atoms with E-state index in [1.807, 2.05) is 48.5 Å². The number of benzene rings is 4. The molecule has 1 heterocycles. The molecule has 0 bridgehead atoms. The number of esters is 1. The lowest BCUT2D eigenvalue weighted by Crippen LogP contribution is -2.08. The highest BCUT2D eigenvalue weighted by Crippen LogP contribution is 2.27. The number of aromatic nitrogens is 2. The molecule has 0 radical (unpaired) electrons. The Bertz CT molecular complexity index is 1380. The van der Waals surface area contributed by atoms with Gasteiger partial charge in [0.05, 0.1) is 16.6 Å². The van der Waals surface area contributed by atoms with Crippen LogP contribution >= 0.6 is 11.6 Å². The van der Waals surface area contributed by atoms with E-state index in [2.05, 4.69) is 22.8 Å². The second kappa shape index (κ2) is 8.69. The zero-order chi connectivity index (χ0) is 21.9. The Balaban J connectivity index is 1.44. The van der Waals surface area contributed by atoms with Gasteiger partial charge in [0.15, 0.2) is 0 Å². The van der Waals surface area contributed by atoms with E-state index in [-0.39, 0.29) is 0 Å². The molecule has 0 N–H and O–H groups in total. The molecular formula is C27H19ClN2O2. The average Bonchev–Trinajstić information content (AvgIpc) is 3.19. The molecule has 0 fully saturated rings. The summed E-state index contributed by atoms with van der Waals surface area (Å²) in [6, 6.07) is 32.5. The first kappa shape index (κ1) is 20.0. The van der Waals surface area contributed by atoms with Crippen LogP contribution in [0.5, 0.6) is 5.75 Å². The number of carbonyl (C=O) groups is 1. The maximum absolute atomic E-state index is 12.4. The molecule has 0 saturated carbocycles. The summed E-state index contributed by atoms with van der Waals surface area (Å²) in [6.45, 7) is 0.712. The van der Waals surface area contributed by atoms with Gasteiger partial charge in [-0.05, 0) is 66.2 Å². The minimum atomic E-state index is -0.425. The van der Waals surface area contributed by atoms with Gasteiger partial charge in [0.2, 0.25) is 0 Å². The highest BCUT2D eigenvalue weighted by Gasteiger charge is 2.14. The van der Waals surface area contributed by atoms with Crippen LogP contribution in [0.1, 0.15) is 15.9 Å². The van der Waals surface area contributed by atoms with Crippen molar-refractivity contribution in [1.82, 2.24) is 9.55 Å². The molecule has 4 nitrogen and oxygen atoms in total. The summed E-state index contributed by atoms with van der Waals surface area (Å²) in [5, 5.41) is 0.573. The lowest BCUT2D eigenvalue weighted by Gasteiger charge is -2.10. The normalized spacial score (nSPS) is 10.9. The van der Waals surface area contributed by atoms with Crippen molar-refractivity contribution in [2.24, 2.45) is 0 Å². The second-order valence-corrected chi connectivity index (χ2v) is 7.85. The van der Waals surface area contributed by atoms with E-state index in [9.17, 15) is 4.79 Å². The molecule has 0 spiro atoms. The zero-order valence-electron chi connectivity index (χ0n) is 17.1. The van der Waals surface area contributed by atoms with Crippen molar-refractivity contribution in [2.75, 3.05) is 0 Å². The maximum atomic E-state index is 12.4. The zero-order valence-corrected chi connectivity index (χ0v) is 17.9. The summed E-state index contributed by atoms with van der Waals surface area (Å²) in [5.41, 5.74) is 4.61. The Morgan fingerprint density at radius 2 is 1.50 bits per heavy atom. The summed E-state index contributed by atoms with van der Waals surface area (Å²) in [4.78, 5) is 17.2. The monoisotopic (exact) mass is 438 g/mol. The lowest BCUT2D eigenvalue weighted by molar-refractivity contribution is 0.0735. The summed E-state index contributed by atoms with van der Waals surface area (Å²) in [5.74, 6) is 0.913. The molecule has 5 heteroatoms. The van der Waals surface area contributed by atoms with Gasteiger partial charge in [0.1, 0.15) is 11.6 Å². The number of hydrogen-bond acceptors (Lipinski definition) is 3. The fourth-order valence-corrected chi connectivity index (χ4v) is 3.77. The fourth-order valence-electron chi connectivity index (χ4n) is 3.65. The second-order valence-electron chi connectivity index (χ2n) is 7.42. The number of halogens is 1. The van der Waals surface area contributed by atoms with Crippen LogP contribution in [0.4, 0.5) is 0 Å². The lowest BCUT2D eigenvalue weighted by atomic mass is 10.2. The van der Waals surface area contributed by atoms with Crippen molar-refractivity contribution in [3.63, 3.8) is 0 Å². The van der Waals surface area contributed by atoms with E-state index in [0.717, 1.165) is 22.4 Å². The molecule has 4 aromatic carbocycles. The first-order valence-electron chi connectivity index (χ1n) is 10.2. The Morgan fingerprint density at radius 1 is 0.812 bits per heavy atom. The Labute approximate surface area is 190 Å². The predicted molar refractivity (Wildman–Crippen MR) is 127 cm³/mol. The average molecular weight is 439 g/mol. The molecule has 0 atom stereocenters. The van der Waals surface area contributed by atoms with Crippen LogP contribution in [0.3, 0.4) is 0 Å².